The van der Waals surface area contributed by atoms with Crippen LogP contribution in [-0.2, 0) is 11.3 Å². The summed E-state index contributed by atoms with van der Waals surface area (Å²) in [5.74, 6) is 0.543. The third-order valence-electron chi connectivity index (χ3n) is 4.48. The van der Waals surface area contributed by atoms with Gasteiger partial charge in [-0.05, 0) is 55.2 Å². The Morgan fingerprint density at radius 1 is 1.22 bits per heavy atom. The zero-order chi connectivity index (χ0) is 19.7. The van der Waals surface area contributed by atoms with Crippen LogP contribution in [0.1, 0.15) is 36.7 Å². The van der Waals surface area contributed by atoms with Crippen molar-refractivity contribution in [3.8, 4) is 5.75 Å². The Labute approximate surface area is 162 Å². The topological polar surface area (TPSA) is 61.2 Å². The summed E-state index contributed by atoms with van der Waals surface area (Å²) in [6, 6.07) is 10.6. The minimum atomic E-state index is -0.527. The molecule has 140 valence electrons. The van der Waals surface area contributed by atoms with Crippen LogP contribution < -0.4 is 10.3 Å². The van der Waals surface area contributed by atoms with Crippen molar-refractivity contribution in [3.05, 3.63) is 68.7 Å². The molecule has 1 heterocycles. The minimum Gasteiger partial charge on any atom is -0.425 e. The van der Waals surface area contributed by atoms with Crippen molar-refractivity contribution < 1.29 is 9.53 Å². The molecule has 0 saturated heterocycles. The molecule has 5 nitrogen and oxygen atoms in total. The van der Waals surface area contributed by atoms with Gasteiger partial charge in [-0.2, -0.15) is 0 Å². The van der Waals surface area contributed by atoms with Gasteiger partial charge in [0, 0.05) is 5.02 Å². The second-order valence-electron chi connectivity index (χ2n) is 6.84. The van der Waals surface area contributed by atoms with Crippen molar-refractivity contribution in [2.24, 2.45) is 0 Å². The van der Waals surface area contributed by atoms with Gasteiger partial charge in [-0.25, -0.2) is 9.78 Å². The summed E-state index contributed by atoms with van der Waals surface area (Å²) in [4.78, 5) is 29.7. The summed E-state index contributed by atoms with van der Waals surface area (Å²) >= 11 is 6.20. The lowest BCUT2D eigenvalue weighted by Gasteiger charge is -2.16. The van der Waals surface area contributed by atoms with Crippen LogP contribution in [-0.4, -0.2) is 15.5 Å². The maximum absolute atomic E-state index is 12.7. The quantitative estimate of drug-likeness (QED) is 0.494. The van der Waals surface area contributed by atoms with Gasteiger partial charge < -0.3 is 4.74 Å². The number of carbonyl (C=O) groups is 1. The van der Waals surface area contributed by atoms with Crippen molar-refractivity contribution in [1.29, 1.82) is 0 Å². The number of para-hydroxylation sites is 1. The largest absolute Gasteiger partial charge is 0.425 e. The van der Waals surface area contributed by atoms with Gasteiger partial charge in [-0.15, -0.1) is 0 Å². The molecule has 0 atom stereocenters. The molecule has 0 aliphatic carbocycles. The fourth-order valence-electron chi connectivity index (χ4n) is 2.96. The van der Waals surface area contributed by atoms with Crippen molar-refractivity contribution in [1.82, 2.24) is 9.55 Å². The highest BCUT2D eigenvalue weighted by Crippen LogP contribution is 2.32. The van der Waals surface area contributed by atoms with Crippen molar-refractivity contribution in [2.45, 2.75) is 40.2 Å². The molecule has 0 aliphatic heterocycles. The number of rotatable bonds is 4. The van der Waals surface area contributed by atoms with E-state index in [1.54, 1.807) is 31.2 Å². The van der Waals surface area contributed by atoms with Gasteiger partial charge in [0.1, 0.15) is 18.1 Å². The molecular weight excluding hydrogens is 364 g/mol. The summed E-state index contributed by atoms with van der Waals surface area (Å²) in [7, 11) is 0. The number of aryl methyl sites for hydroxylation is 2. The average Bonchev–Trinajstić information content (AvgIpc) is 2.61. The van der Waals surface area contributed by atoms with E-state index in [9.17, 15) is 9.59 Å². The summed E-state index contributed by atoms with van der Waals surface area (Å²) in [5, 5.41) is 1.10. The highest BCUT2D eigenvalue weighted by atomic mass is 35.5. The van der Waals surface area contributed by atoms with Gasteiger partial charge in [0.2, 0.25) is 0 Å². The minimum absolute atomic E-state index is 0.137. The normalized spacial score (nSPS) is 11.2. The van der Waals surface area contributed by atoms with Crippen LogP contribution in [0.25, 0.3) is 10.9 Å². The van der Waals surface area contributed by atoms with E-state index >= 15 is 0 Å². The predicted octanol–water partition coefficient (Wildman–Crippen LogP) is 4.40. The van der Waals surface area contributed by atoms with Gasteiger partial charge in [-0.3, -0.25) is 9.36 Å². The van der Waals surface area contributed by atoms with Crippen LogP contribution in [0, 0.1) is 13.8 Å². The Bertz CT molecular complexity index is 1090. The molecule has 0 aliphatic rings. The number of hydrogen-bond acceptors (Lipinski definition) is 4. The van der Waals surface area contributed by atoms with Gasteiger partial charge in [-0.1, -0.05) is 37.6 Å². The molecule has 0 N–H and O–H groups in total. The van der Waals surface area contributed by atoms with Gasteiger partial charge >= 0.3 is 5.97 Å². The number of ether oxygens (including phenoxy) is 1. The van der Waals surface area contributed by atoms with Crippen molar-refractivity contribution in [2.75, 3.05) is 0 Å². The van der Waals surface area contributed by atoms with Crippen LogP contribution in [0.15, 0.2) is 41.2 Å². The third kappa shape index (κ3) is 3.88. The molecule has 27 heavy (non-hydrogen) atoms. The third-order valence-corrected chi connectivity index (χ3v) is 4.88. The molecule has 0 bridgehead atoms. The number of aromatic nitrogens is 2. The van der Waals surface area contributed by atoms with E-state index in [1.165, 1.54) is 4.57 Å². The van der Waals surface area contributed by atoms with Gasteiger partial charge in [0.15, 0.2) is 0 Å². The Balaban J connectivity index is 1.93. The Morgan fingerprint density at radius 2 is 1.93 bits per heavy atom. The number of fused-ring (bicyclic) bond motifs is 1. The van der Waals surface area contributed by atoms with E-state index in [0.717, 1.165) is 11.1 Å². The fraction of sp³-hybridized carbons (Fsp3) is 0.286. The number of benzene rings is 2. The highest BCUT2D eigenvalue weighted by Gasteiger charge is 2.17. The second-order valence-corrected chi connectivity index (χ2v) is 7.24. The summed E-state index contributed by atoms with van der Waals surface area (Å²) in [6.07, 6.45) is 0. The first-order chi connectivity index (χ1) is 12.8. The monoisotopic (exact) mass is 384 g/mol. The van der Waals surface area contributed by atoms with E-state index in [0.29, 0.717) is 27.5 Å². The second kappa shape index (κ2) is 7.53. The zero-order valence-corrected chi connectivity index (χ0v) is 16.5. The Hall–Kier alpha value is -2.66. The molecule has 0 fully saturated rings. The van der Waals surface area contributed by atoms with E-state index in [1.807, 2.05) is 32.9 Å². The number of nitrogens with zero attached hydrogens (tertiary/aromatic N) is 2. The molecule has 0 radical (unpaired) electrons. The van der Waals surface area contributed by atoms with E-state index in [-0.39, 0.29) is 18.0 Å². The molecule has 3 aromatic rings. The first kappa shape index (κ1) is 19.1. The number of hydrogen-bond donors (Lipinski definition) is 0. The van der Waals surface area contributed by atoms with Crippen LogP contribution >= 0.6 is 11.6 Å². The lowest BCUT2D eigenvalue weighted by Crippen LogP contribution is -2.29. The number of halogens is 1. The van der Waals surface area contributed by atoms with E-state index in [4.69, 9.17) is 16.3 Å². The van der Waals surface area contributed by atoms with Crippen LogP contribution in [0.2, 0.25) is 5.02 Å². The fourth-order valence-corrected chi connectivity index (χ4v) is 3.13. The SMILES string of the molecule is Cc1cc(OC(=O)Cn2c(C)nc3ccccc3c2=O)c(C(C)C)cc1Cl. The van der Waals surface area contributed by atoms with Crippen molar-refractivity contribution in [3.63, 3.8) is 0 Å². The summed E-state index contributed by atoms with van der Waals surface area (Å²) in [5.41, 5.74) is 2.02. The summed E-state index contributed by atoms with van der Waals surface area (Å²) < 4.78 is 6.92. The Morgan fingerprint density at radius 3 is 2.63 bits per heavy atom. The van der Waals surface area contributed by atoms with Crippen molar-refractivity contribution >= 4 is 28.5 Å². The lowest BCUT2D eigenvalue weighted by atomic mass is 10.0. The first-order valence-corrected chi connectivity index (χ1v) is 9.12. The molecule has 0 amide bonds. The van der Waals surface area contributed by atoms with E-state index < -0.39 is 5.97 Å². The van der Waals surface area contributed by atoms with Crippen LogP contribution in [0.3, 0.4) is 0 Å². The Kier molecular flexibility index (Phi) is 5.33. The maximum atomic E-state index is 12.7. The molecule has 0 unspecified atom stereocenters. The smallest absolute Gasteiger partial charge is 0.331 e. The van der Waals surface area contributed by atoms with Crippen LogP contribution in [0.5, 0.6) is 5.75 Å². The molecule has 0 spiro atoms. The summed E-state index contributed by atoms with van der Waals surface area (Å²) in [6.45, 7) is 7.35. The standard InChI is InChI=1S/C21H21ClN2O3/c1-12(2)16-10-17(22)13(3)9-19(16)27-20(25)11-24-14(4)23-18-8-6-5-7-15(18)21(24)26/h5-10,12H,11H2,1-4H3. The molecule has 0 saturated carbocycles. The maximum Gasteiger partial charge on any atom is 0.331 e. The van der Waals surface area contributed by atoms with Gasteiger partial charge in [0.05, 0.1) is 10.9 Å². The molecule has 6 heteroatoms. The molecule has 3 rings (SSSR count). The zero-order valence-electron chi connectivity index (χ0n) is 15.7. The number of carbonyl (C=O) groups excluding carboxylic acids is 1. The average molecular weight is 385 g/mol. The molecular formula is C21H21ClN2O3. The van der Waals surface area contributed by atoms with E-state index in [2.05, 4.69) is 4.98 Å². The highest BCUT2D eigenvalue weighted by molar-refractivity contribution is 6.31. The first-order valence-electron chi connectivity index (χ1n) is 8.75. The molecule has 2 aromatic carbocycles. The predicted molar refractivity (Wildman–Crippen MR) is 107 cm³/mol. The number of esters is 1. The van der Waals surface area contributed by atoms with Gasteiger partial charge in [0.25, 0.3) is 5.56 Å². The molecule has 1 aromatic heterocycles. The van der Waals surface area contributed by atoms with Crippen LogP contribution in [0.4, 0.5) is 0 Å². The lowest BCUT2D eigenvalue weighted by molar-refractivity contribution is -0.135.